The largest absolute Gasteiger partial charge is 0.369 e. The summed E-state index contributed by atoms with van der Waals surface area (Å²) in [6.07, 6.45) is 5.01. The van der Waals surface area contributed by atoms with Crippen molar-refractivity contribution in [1.82, 2.24) is 9.80 Å². The number of aliphatic imine (C=N–C) groups is 1. The number of hydrogen-bond acceptors (Lipinski definition) is 4. The Balaban J connectivity index is 1.73. The van der Waals surface area contributed by atoms with E-state index in [0.717, 1.165) is 38.9 Å². The van der Waals surface area contributed by atoms with E-state index in [0.29, 0.717) is 12.0 Å². The van der Waals surface area contributed by atoms with Crippen LogP contribution in [0.4, 0.5) is 4.39 Å². The number of ketones is 1. The highest BCUT2D eigenvalue weighted by molar-refractivity contribution is 5.95. The number of halogens is 1. The van der Waals surface area contributed by atoms with Crippen molar-refractivity contribution >= 4 is 11.7 Å². The summed E-state index contributed by atoms with van der Waals surface area (Å²) in [6, 6.07) is 5.76. The number of Topliss-reactive ketones (excluding diaryl/α,β-unsaturated/α-hetero) is 1. The molecule has 2 rings (SSSR count). The van der Waals surface area contributed by atoms with Gasteiger partial charge in [-0.1, -0.05) is 0 Å². The molecule has 0 aliphatic carbocycles. The second-order valence-corrected chi connectivity index (χ2v) is 6.16. The fourth-order valence-corrected chi connectivity index (χ4v) is 3.07. The van der Waals surface area contributed by atoms with Crippen LogP contribution in [0.15, 0.2) is 29.3 Å². The highest BCUT2D eigenvalue weighted by atomic mass is 19.1. The number of benzene rings is 1. The molecule has 1 aromatic rings. The molecule has 0 amide bonds. The number of nitriles is 1. The number of carbonyl (C=O) groups is 1. The lowest BCUT2D eigenvalue weighted by Gasteiger charge is -2.35. The first-order valence-corrected chi connectivity index (χ1v) is 8.47. The fraction of sp³-hybridized carbons (Fsp3) is 0.500. The zero-order valence-corrected chi connectivity index (χ0v) is 14.5. The average molecular weight is 345 g/mol. The smallest absolute Gasteiger partial charge is 0.204 e. The van der Waals surface area contributed by atoms with Gasteiger partial charge >= 0.3 is 0 Å². The standard InChI is InChI=1S/C18H24FN5O/c1-22-18(21)24(13-20)16-8-11-23(12-9-16)10-2-3-17(25)14-4-6-15(19)7-5-14/h4-7,16H,2-3,8-12H2,1H3,(H2,21,22). The molecule has 0 unspecified atom stereocenters. The minimum atomic E-state index is -0.334. The minimum Gasteiger partial charge on any atom is -0.369 e. The zero-order chi connectivity index (χ0) is 18.2. The lowest BCUT2D eigenvalue weighted by molar-refractivity contribution is 0.0970. The first kappa shape index (κ1) is 18.9. The van der Waals surface area contributed by atoms with E-state index in [-0.39, 0.29) is 23.6 Å². The Morgan fingerprint density at radius 2 is 2.04 bits per heavy atom. The van der Waals surface area contributed by atoms with Crippen LogP contribution in [0.1, 0.15) is 36.0 Å². The number of nitrogens with two attached hydrogens (primary N) is 1. The van der Waals surface area contributed by atoms with Gasteiger partial charge in [0, 0.05) is 38.2 Å². The monoisotopic (exact) mass is 345 g/mol. The predicted molar refractivity (Wildman–Crippen MR) is 94.4 cm³/mol. The van der Waals surface area contributed by atoms with Crippen LogP contribution in [-0.4, -0.2) is 54.3 Å². The van der Waals surface area contributed by atoms with Gasteiger partial charge in [0.05, 0.1) is 0 Å². The van der Waals surface area contributed by atoms with Crippen LogP contribution in [0.5, 0.6) is 0 Å². The molecular weight excluding hydrogens is 321 g/mol. The van der Waals surface area contributed by atoms with E-state index >= 15 is 0 Å². The molecule has 0 aromatic heterocycles. The molecule has 0 radical (unpaired) electrons. The lowest BCUT2D eigenvalue weighted by atomic mass is 10.0. The van der Waals surface area contributed by atoms with Crippen LogP contribution in [0.25, 0.3) is 0 Å². The van der Waals surface area contributed by atoms with Crippen LogP contribution in [-0.2, 0) is 0 Å². The maximum Gasteiger partial charge on any atom is 0.204 e. The SMILES string of the molecule is CN=C(N)N(C#N)C1CCN(CCCC(=O)c2ccc(F)cc2)CC1. The van der Waals surface area contributed by atoms with E-state index < -0.39 is 0 Å². The number of likely N-dealkylation sites (tertiary alicyclic amines) is 1. The van der Waals surface area contributed by atoms with Crippen molar-refractivity contribution in [3.8, 4) is 6.19 Å². The minimum absolute atomic E-state index is 0.0393. The summed E-state index contributed by atoms with van der Waals surface area (Å²) < 4.78 is 12.9. The Kier molecular flexibility index (Phi) is 6.90. The second kappa shape index (κ2) is 9.14. The van der Waals surface area contributed by atoms with Crippen molar-refractivity contribution in [2.24, 2.45) is 10.7 Å². The van der Waals surface area contributed by atoms with E-state index in [9.17, 15) is 14.4 Å². The van der Waals surface area contributed by atoms with Gasteiger partial charge in [0.15, 0.2) is 12.0 Å². The van der Waals surface area contributed by atoms with Gasteiger partial charge in [-0.15, -0.1) is 0 Å². The normalized spacial score (nSPS) is 16.4. The topological polar surface area (TPSA) is 85.7 Å². The van der Waals surface area contributed by atoms with Gasteiger partial charge in [0.25, 0.3) is 0 Å². The Bertz CT molecular complexity index is 644. The summed E-state index contributed by atoms with van der Waals surface area (Å²) in [6.45, 7) is 2.57. The van der Waals surface area contributed by atoms with Gasteiger partial charge in [-0.25, -0.2) is 9.29 Å². The molecule has 2 N–H and O–H groups in total. The Morgan fingerprint density at radius 1 is 1.40 bits per heavy atom. The Hall–Kier alpha value is -2.46. The van der Waals surface area contributed by atoms with Crippen LogP contribution < -0.4 is 5.73 Å². The van der Waals surface area contributed by atoms with Gasteiger partial charge in [0.2, 0.25) is 5.96 Å². The maximum absolute atomic E-state index is 12.9. The molecule has 1 heterocycles. The van der Waals surface area contributed by atoms with Crippen LogP contribution in [0.3, 0.4) is 0 Å². The summed E-state index contributed by atoms with van der Waals surface area (Å²) in [7, 11) is 1.58. The van der Waals surface area contributed by atoms with Crippen molar-refractivity contribution in [3.63, 3.8) is 0 Å². The van der Waals surface area contributed by atoms with Crippen LogP contribution >= 0.6 is 0 Å². The van der Waals surface area contributed by atoms with Crippen molar-refractivity contribution in [3.05, 3.63) is 35.6 Å². The van der Waals surface area contributed by atoms with E-state index in [2.05, 4.69) is 16.1 Å². The Labute approximate surface area is 147 Å². The number of nitrogens with zero attached hydrogens (tertiary/aromatic N) is 4. The third-order valence-electron chi connectivity index (χ3n) is 4.55. The summed E-state index contributed by atoms with van der Waals surface area (Å²) in [4.78, 5) is 19.7. The summed E-state index contributed by atoms with van der Waals surface area (Å²) in [5.74, 6) is -0.0390. The average Bonchev–Trinajstić information content (AvgIpc) is 2.63. The number of rotatable bonds is 6. The van der Waals surface area contributed by atoms with E-state index in [4.69, 9.17) is 5.73 Å². The lowest BCUT2D eigenvalue weighted by Crippen LogP contribution is -2.47. The number of hydrogen-bond donors (Lipinski definition) is 1. The number of carbonyl (C=O) groups excluding carboxylic acids is 1. The molecule has 0 saturated carbocycles. The van der Waals surface area contributed by atoms with E-state index in [1.165, 1.54) is 29.2 Å². The molecule has 6 nitrogen and oxygen atoms in total. The molecule has 0 bridgehead atoms. The van der Waals surface area contributed by atoms with E-state index in [1.54, 1.807) is 7.05 Å². The second-order valence-electron chi connectivity index (χ2n) is 6.16. The Morgan fingerprint density at radius 3 is 2.60 bits per heavy atom. The third kappa shape index (κ3) is 5.26. The number of piperidine rings is 1. The first-order valence-electron chi connectivity index (χ1n) is 8.47. The highest BCUT2D eigenvalue weighted by Crippen LogP contribution is 2.17. The summed E-state index contributed by atoms with van der Waals surface area (Å²) >= 11 is 0. The van der Waals surface area contributed by atoms with Gasteiger partial charge in [-0.3, -0.25) is 9.79 Å². The van der Waals surface area contributed by atoms with Crippen LogP contribution in [0.2, 0.25) is 0 Å². The fourth-order valence-electron chi connectivity index (χ4n) is 3.07. The maximum atomic E-state index is 12.9. The van der Waals surface area contributed by atoms with Gasteiger partial charge in [0.1, 0.15) is 5.82 Å². The molecule has 7 heteroatoms. The number of guanidine groups is 1. The van der Waals surface area contributed by atoms with Crippen molar-refractivity contribution in [1.29, 1.82) is 5.26 Å². The molecule has 1 fully saturated rings. The molecule has 1 aliphatic heterocycles. The van der Waals surface area contributed by atoms with Gasteiger partial charge in [-0.05, 0) is 50.1 Å². The van der Waals surface area contributed by atoms with Gasteiger partial charge in [-0.2, -0.15) is 5.26 Å². The molecule has 1 aliphatic rings. The molecule has 0 spiro atoms. The molecule has 25 heavy (non-hydrogen) atoms. The highest BCUT2D eigenvalue weighted by Gasteiger charge is 2.25. The van der Waals surface area contributed by atoms with Crippen molar-refractivity contribution in [2.75, 3.05) is 26.7 Å². The predicted octanol–water partition coefficient (Wildman–Crippen LogP) is 1.98. The van der Waals surface area contributed by atoms with Crippen molar-refractivity contribution in [2.45, 2.75) is 31.7 Å². The van der Waals surface area contributed by atoms with E-state index in [1.807, 2.05) is 0 Å². The van der Waals surface area contributed by atoms with Gasteiger partial charge < -0.3 is 10.6 Å². The van der Waals surface area contributed by atoms with Crippen molar-refractivity contribution < 1.29 is 9.18 Å². The molecule has 1 aromatic carbocycles. The molecular formula is C18H24FN5O. The third-order valence-corrected chi connectivity index (χ3v) is 4.55. The molecule has 1 saturated heterocycles. The van der Waals surface area contributed by atoms with Crippen LogP contribution in [0, 0.1) is 17.3 Å². The molecule has 0 atom stereocenters. The summed E-state index contributed by atoms with van der Waals surface area (Å²) in [5.41, 5.74) is 6.30. The molecule has 134 valence electrons. The first-order chi connectivity index (χ1) is 12.0. The zero-order valence-electron chi connectivity index (χ0n) is 14.5. The summed E-state index contributed by atoms with van der Waals surface area (Å²) in [5, 5.41) is 9.21. The quantitative estimate of drug-likeness (QED) is 0.280.